The number of Topliss-reactive ketones (excluding diaryl/α,β-unsaturated/α-hetero) is 1. The van der Waals surface area contributed by atoms with Gasteiger partial charge in [0.25, 0.3) is 0 Å². The third kappa shape index (κ3) is 2.96. The Morgan fingerprint density at radius 3 is 2.42 bits per heavy atom. The summed E-state index contributed by atoms with van der Waals surface area (Å²) < 4.78 is 23.5. The van der Waals surface area contributed by atoms with Crippen molar-refractivity contribution in [3.05, 3.63) is 11.8 Å². The number of aliphatic hydroxyl groups is 1. The molecule has 7 nitrogen and oxygen atoms in total. The third-order valence-electron chi connectivity index (χ3n) is 9.19. The molecule has 31 heavy (non-hydrogen) atoms. The Morgan fingerprint density at radius 1 is 1.16 bits per heavy atom. The molecule has 0 amide bonds. The molecule has 174 valence electrons. The van der Waals surface area contributed by atoms with E-state index in [0.717, 1.165) is 0 Å². The van der Waals surface area contributed by atoms with Crippen LogP contribution < -0.4 is 0 Å². The van der Waals surface area contributed by atoms with E-state index >= 15 is 0 Å². The molecule has 7 heteroatoms. The van der Waals surface area contributed by atoms with Crippen LogP contribution in [0, 0.1) is 40.4 Å². The number of aliphatic hydroxyl groups excluding tert-OH is 1. The minimum Gasteiger partial charge on any atom is -0.493 e. The van der Waals surface area contributed by atoms with Gasteiger partial charge in [-0.25, -0.2) is 0 Å². The van der Waals surface area contributed by atoms with Crippen LogP contribution in [-0.2, 0) is 28.5 Å². The number of hydrogen-bond donors (Lipinski definition) is 1. The number of methoxy groups -OCH3 is 2. The fourth-order valence-electron chi connectivity index (χ4n) is 7.99. The molecule has 4 aliphatic rings. The second kappa shape index (κ2) is 7.56. The van der Waals surface area contributed by atoms with Gasteiger partial charge in [-0.1, -0.05) is 27.7 Å². The molecule has 0 aromatic rings. The predicted molar refractivity (Wildman–Crippen MR) is 112 cm³/mol. The van der Waals surface area contributed by atoms with Crippen LogP contribution in [0.15, 0.2) is 11.8 Å². The van der Waals surface area contributed by atoms with Gasteiger partial charge in [0.1, 0.15) is 6.10 Å². The third-order valence-corrected chi connectivity index (χ3v) is 9.19. The Bertz CT molecular complexity index is 793. The molecule has 0 aromatic heterocycles. The summed E-state index contributed by atoms with van der Waals surface area (Å²) in [7, 11) is 3.16. The number of carbonyl (C=O) groups is 2. The molecule has 11 atom stereocenters. The van der Waals surface area contributed by atoms with Crippen LogP contribution in [0.4, 0.5) is 0 Å². The molecule has 1 saturated heterocycles. The molecule has 0 bridgehead atoms. The van der Waals surface area contributed by atoms with Gasteiger partial charge in [-0.05, 0) is 36.2 Å². The van der Waals surface area contributed by atoms with Gasteiger partial charge in [0.15, 0.2) is 12.0 Å². The highest BCUT2D eigenvalue weighted by atomic mass is 16.6. The minimum atomic E-state index is -0.849. The fraction of sp³-hybridized carbons (Fsp3) is 0.833. The lowest BCUT2D eigenvalue weighted by Crippen LogP contribution is -2.74. The number of ketones is 1. The first-order valence-electron chi connectivity index (χ1n) is 11.4. The summed E-state index contributed by atoms with van der Waals surface area (Å²) in [5.74, 6) is -0.283. The molecule has 0 spiro atoms. The van der Waals surface area contributed by atoms with Gasteiger partial charge < -0.3 is 24.1 Å². The van der Waals surface area contributed by atoms with Crippen molar-refractivity contribution in [3.63, 3.8) is 0 Å². The second-order valence-electron chi connectivity index (χ2n) is 10.4. The Labute approximate surface area is 184 Å². The van der Waals surface area contributed by atoms with Crippen molar-refractivity contribution in [2.45, 2.75) is 72.1 Å². The standard InChI is InChI=1S/C24H36O7/c1-11-8-16(28-6)22(27)24(5)14(11)9-17-23(4)15(10-18(26)31-17)12(2)19(29-7)20(21(23)24)30-13(3)25/h8,11-12,14-15,17-21,26H,9-10H2,1-7H3/t11-,12-,14-,15+,17-,18+,19+,20-,21+,23-,24+/m1/s1. The molecule has 0 radical (unpaired) electrons. The summed E-state index contributed by atoms with van der Waals surface area (Å²) in [6.07, 6.45) is 0.958. The maximum atomic E-state index is 13.9. The van der Waals surface area contributed by atoms with E-state index in [1.807, 2.05) is 13.0 Å². The molecule has 3 fully saturated rings. The highest BCUT2D eigenvalue weighted by Crippen LogP contribution is 2.69. The SMILES string of the molecule is COC1=C[C@@H](C)[C@H]2C[C@H]3O[C@H](O)C[C@H]4[C@@H](C)[C@H](OC)[C@@H](OC(C)=O)[C@H]([C@@]2(C)C1=O)[C@@]34C. The van der Waals surface area contributed by atoms with Gasteiger partial charge in [-0.15, -0.1) is 0 Å². The Balaban J connectivity index is 1.95. The smallest absolute Gasteiger partial charge is 0.303 e. The summed E-state index contributed by atoms with van der Waals surface area (Å²) in [5.41, 5.74) is -1.28. The van der Waals surface area contributed by atoms with E-state index < -0.39 is 23.2 Å². The monoisotopic (exact) mass is 436 g/mol. The van der Waals surface area contributed by atoms with Crippen molar-refractivity contribution in [2.75, 3.05) is 14.2 Å². The number of fused-ring (bicyclic) bond motifs is 2. The summed E-state index contributed by atoms with van der Waals surface area (Å²) in [6.45, 7) is 9.75. The average molecular weight is 437 g/mol. The zero-order chi connectivity index (χ0) is 22.9. The van der Waals surface area contributed by atoms with Crippen molar-refractivity contribution in [1.82, 2.24) is 0 Å². The lowest BCUT2D eigenvalue weighted by Gasteiger charge is -2.69. The number of allylic oxidation sites excluding steroid dienone is 2. The summed E-state index contributed by atoms with van der Waals surface area (Å²) >= 11 is 0. The van der Waals surface area contributed by atoms with Crippen LogP contribution in [0.2, 0.25) is 0 Å². The highest BCUT2D eigenvalue weighted by Gasteiger charge is 2.73. The maximum Gasteiger partial charge on any atom is 0.303 e. The van der Waals surface area contributed by atoms with Crippen LogP contribution >= 0.6 is 0 Å². The van der Waals surface area contributed by atoms with Gasteiger partial charge in [0, 0.05) is 37.2 Å². The van der Waals surface area contributed by atoms with Crippen LogP contribution in [0.25, 0.3) is 0 Å². The van der Waals surface area contributed by atoms with Crippen molar-refractivity contribution in [2.24, 2.45) is 40.4 Å². The zero-order valence-corrected chi connectivity index (χ0v) is 19.6. The van der Waals surface area contributed by atoms with E-state index in [1.165, 1.54) is 14.0 Å². The van der Waals surface area contributed by atoms with Crippen molar-refractivity contribution in [1.29, 1.82) is 0 Å². The molecule has 0 aromatic carbocycles. The highest BCUT2D eigenvalue weighted by molar-refractivity contribution is 5.99. The first-order chi connectivity index (χ1) is 14.5. The zero-order valence-electron chi connectivity index (χ0n) is 19.6. The number of rotatable bonds is 3. The molecular formula is C24H36O7. The molecule has 0 unspecified atom stereocenters. The van der Waals surface area contributed by atoms with E-state index in [-0.39, 0.29) is 53.6 Å². The number of hydrogen-bond acceptors (Lipinski definition) is 7. The average Bonchev–Trinajstić information content (AvgIpc) is 2.69. The Hall–Kier alpha value is -1.44. The van der Waals surface area contributed by atoms with Crippen LogP contribution in [-0.4, -0.2) is 55.7 Å². The van der Waals surface area contributed by atoms with Gasteiger partial charge in [0.2, 0.25) is 5.78 Å². The van der Waals surface area contributed by atoms with Crippen molar-refractivity contribution < 1.29 is 33.6 Å². The topological polar surface area (TPSA) is 91.3 Å². The van der Waals surface area contributed by atoms with Gasteiger partial charge in [-0.3, -0.25) is 9.59 Å². The molecule has 3 aliphatic carbocycles. The lowest BCUT2D eigenvalue weighted by atomic mass is 9.38. The summed E-state index contributed by atoms with van der Waals surface area (Å²) in [4.78, 5) is 26.1. The van der Waals surface area contributed by atoms with Crippen LogP contribution in [0.5, 0.6) is 0 Å². The van der Waals surface area contributed by atoms with Gasteiger partial charge in [0.05, 0.1) is 19.3 Å². The van der Waals surface area contributed by atoms with Gasteiger partial charge >= 0.3 is 5.97 Å². The van der Waals surface area contributed by atoms with E-state index in [9.17, 15) is 14.7 Å². The molecule has 1 heterocycles. The predicted octanol–water partition coefficient (Wildman–Crippen LogP) is 2.70. The number of carbonyl (C=O) groups excluding carboxylic acids is 2. The Kier molecular flexibility index (Phi) is 5.55. The quantitative estimate of drug-likeness (QED) is 0.680. The first-order valence-corrected chi connectivity index (χ1v) is 11.4. The molecular weight excluding hydrogens is 400 g/mol. The molecule has 1 N–H and O–H groups in total. The normalized spacial score (nSPS) is 51.3. The largest absolute Gasteiger partial charge is 0.493 e. The minimum absolute atomic E-state index is 0.0188. The van der Waals surface area contributed by atoms with E-state index in [1.54, 1.807) is 7.11 Å². The Morgan fingerprint density at radius 2 is 1.84 bits per heavy atom. The van der Waals surface area contributed by atoms with E-state index in [0.29, 0.717) is 18.6 Å². The molecule has 2 saturated carbocycles. The van der Waals surface area contributed by atoms with Crippen LogP contribution in [0.3, 0.4) is 0 Å². The van der Waals surface area contributed by atoms with E-state index in [4.69, 9.17) is 18.9 Å². The maximum absolute atomic E-state index is 13.9. The first kappa shape index (κ1) is 22.7. The van der Waals surface area contributed by atoms with Crippen molar-refractivity contribution in [3.8, 4) is 0 Å². The second-order valence-corrected chi connectivity index (χ2v) is 10.4. The molecule has 4 rings (SSSR count). The number of ether oxygens (including phenoxy) is 4. The van der Waals surface area contributed by atoms with Gasteiger partial charge in [-0.2, -0.15) is 0 Å². The lowest BCUT2D eigenvalue weighted by molar-refractivity contribution is -0.327. The fourth-order valence-corrected chi connectivity index (χ4v) is 7.99. The molecule has 1 aliphatic heterocycles. The van der Waals surface area contributed by atoms with E-state index in [2.05, 4.69) is 20.8 Å². The summed E-state index contributed by atoms with van der Waals surface area (Å²) in [6, 6.07) is 0. The summed E-state index contributed by atoms with van der Waals surface area (Å²) in [5, 5.41) is 10.6. The van der Waals surface area contributed by atoms with Crippen LogP contribution in [0.1, 0.15) is 47.5 Å². The van der Waals surface area contributed by atoms with Crippen molar-refractivity contribution >= 4 is 11.8 Å². The number of esters is 1.